The molecule has 2 aliphatic rings. The molecule has 0 aromatic rings. The van der Waals surface area contributed by atoms with Gasteiger partial charge in [0.1, 0.15) is 5.41 Å². The standard InChI is InChI=1S/C12H18N2O/c1-9-5-12(6-9,8-13)11(15)14(2)7-10-3-4-10/h9-10H,3-7H2,1-2H3. The number of amides is 1. The van der Waals surface area contributed by atoms with Crippen molar-refractivity contribution >= 4 is 5.91 Å². The van der Waals surface area contributed by atoms with Gasteiger partial charge >= 0.3 is 0 Å². The molecule has 3 nitrogen and oxygen atoms in total. The first-order valence-electron chi connectivity index (χ1n) is 5.74. The molecule has 0 aromatic carbocycles. The lowest BCUT2D eigenvalue weighted by molar-refractivity contribution is -0.144. The maximum absolute atomic E-state index is 12.1. The van der Waals surface area contributed by atoms with E-state index in [1.165, 1.54) is 12.8 Å². The molecule has 0 unspecified atom stereocenters. The fourth-order valence-electron chi connectivity index (χ4n) is 2.58. The number of hydrogen-bond acceptors (Lipinski definition) is 2. The van der Waals surface area contributed by atoms with Crippen molar-refractivity contribution in [2.75, 3.05) is 13.6 Å². The smallest absolute Gasteiger partial charge is 0.242 e. The zero-order valence-corrected chi connectivity index (χ0v) is 9.49. The van der Waals surface area contributed by atoms with Crippen LogP contribution in [0.4, 0.5) is 0 Å². The van der Waals surface area contributed by atoms with Gasteiger partial charge in [-0.25, -0.2) is 0 Å². The van der Waals surface area contributed by atoms with Crippen molar-refractivity contribution in [3.63, 3.8) is 0 Å². The molecule has 0 radical (unpaired) electrons. The van der Waals surface area contributed by atoms with Crippen molar-refractivity contribution in [3.05, 3.63) is 0 Å². The quantitative estimate of drug-likeness (QED) is 0.706. The van der Waals surface area contributed by atoms with Crippen LogP contribution >= 0.6 is 0 Å². The van der Waals surface area contributed by atoms with Crippen LogP contribution in [0.3, 0.4) is 0 Å². The maximum atomic E-state index is 12.1. The van der Waals surface area contributed by atoms with Crippen molar-refractivity contribution in [1.29, 1.82) is 5.26 Å². The Morgan fingerprint density at radius 1 is 1.53 bits per heavy atom. The third-order valence-corrected chi connectivity index (χ3v) is 3.59. The summed E-state index contributed by atoms with van der Waals surface area (Å²) >= 11 is 0. The number of nitriles is 1. The van der Waals surface area contributed by atoms with Crippen LogP contribution in [0.15, 0.2) is 0 Å². The summed E-state index contributed by atoms with van der Waals surface area (Å²) in [5.41, 5.74) is -0.678. The summed E-state index contributed by atoms with van der Waals surface area (Å²) in [5, 5.41) is 9.13. The van der Waals surface area contributed by atoms with Gasteiger partial charge in [0.25, 0.3) is 0 Å². The van der Waals surface area contributed by atoms with Crippen LogP contribution in [-0.2, 0) is 4.79 Å². The van der Waals surface area contributed by atoms with E-state index in [-0.39, 0.29) is 5.91 Å². The molecule has 2 aliphatic carbocycles. The van der Waals surface area contributed by atoms with E-state index in [2.05, 4.69) is 13.0 Å². The molecule has 0 N–H and O–H groups in total. The molecule has 2 saturated carbocycles. The van der Waals surface area contributed by atoms with E-state index in [9.17, 15) is 4.79 Å². The minimum absolute atomic E-state index is 0.0509. The summed E-state index contributed by atoms with van der Waals surface area (Å²) in [5.74, 6) is 1.28. The van der Waals surface area contributed by atoms with Gasteiger partial charge in [-0.3, -0.25) is 4.79 Å². The lowest BCUT2D eigenvalue weighted by atomic mass is 9.63. The lowest BCUT2D eigenvalue weighted by Crippen LogP contribution is -2.49. The van der Waals surface area contributed by atoms with E-state index in [0.717, 1.165) is 19.4 Å². The molecule has 0 atom stereocenters. The average Bonchev–Trinajstić information content (AvgIpc) is 2.95. The van der Waals surface area contributed by atoms with E-state index in [0.29, 0.717) is 11.8 Å². The maximum Gasteiger partial charge on any atom is 0.242 e. The molecule has 82 valence electrons. The number of nitrogens with zero attached hydrogens (tertiary/aromatic N) is 2. The molecule has 1 amide bonds. The van der Waals surface area contributed by atoms with Crippen LogP contribution in [0.25, 0.3) is 0 Å². The predicted octanol–water partition coefficient (Wildman–Crippen LogP) is 1.79. The van der Waals surface area contributed by atoms with Gasteiger partial charge in [0.05, 0.1) is 6.07 Å². The third kappa shape index (κ3) is 1.86. The van der Waals surface area contributed by atoms with Crippen LogP contribution in [0, 0.1) is 28.6 Å². The second-order valence-corrected chi connectivity index (χ2v) is 5.34. The Morgan fingerprint density at radius 2 is 2.13 bits per heavy atom. The summed E-state index contributed by atoms with van der Waals surface area (Å²) in [6.07, 6.45) is 3.98. The predicted molar refractivity (Wildman–Crippen MR) is 56.8 cm³/mol. The Hall–Kier alpha value is -1.04. The van der Waals surface area contributed by atoms with E-state index in [1.807, 2.05) is 7.05 Å². The Balaban J connectivity index is 1.96. The molecule has 15 heavy (non-hydrogen) atoms. The fraction of sp³-hybridized carbons (Fsp3) is 0.833. The van der Waals surface area contributed by atoms with Crippen LogP contribution < -0.4 is 0 Å². The minimum Gasteiger partial charge on any atom is -0.344 e. The molecular weight excluding hydrogens is 188 g/mol. The topological polar surface area (TPSA) is 44.1 Å². The summed E-state index contributed by atoms with van der Waals surface area (Å²) in [6.45, 7) is 2.94. The van der Waals surface area contributed by atoms with Crippen molar-refractivity contribution < 1.29 is 4.79 Å². The van der Waals surface area contributed by atoms with E-state index in [1.54, 1.807) is 4.90 Å². The normalized spacial score (nSPS) is 34.1. The van der Waals surface area contributed by atoms with E-state index < -0.39 is 5.41 Å². The van der Waals surface area contributed by atoms with Gasteiger partial charge in [-0.1, -0.05) is 6.92 Å². The largest absolute Gasteiger partial charge is 0.344 e. The van der Waals surface area contributed by atoms with Crippen molar-refractivity contribution in [3.8, 4) is 6.07 Å². The highest BCUT2D eigenvalue weighted by molar-refractivity contribution is 5.86. The summed E-state index contributed by atoms with van der Waals surface area (Å²) in [7, 11) is 1.84. The van der Waals surface area contributed by atoms with Crippen LogP contribution in [0.1, 0.15) is 32.6 Å². The molecule has 0 spiro atoms. The van der Waals surface area contributed by atoms with Gasteiger partial charge in [-0.05, 0) is 37.5 Å². The minimum atomic E-state index is -0.678. The van der Waals surface area contributed by atoms with E-state index >= 15 is 0 Å². The molecule has 0 bridgehead atoms. The molecule has 0 aromatic heterocycles. The second-order valence-electron chi connectivity index (χ2n) is 5.34. The van der Waals surface area contributed by atoms with Crippen LogP contribution in [0.2, 0.25) is 0 Å². The highest BCUT2D eigenvalue weighted by Gasteiger charge is 2.50. The van der Waals surface area contributed by atoms with E-state index in [4.69, 9.17) is 5.26 Å². The van der Waals surface area contributed by atoms with Gasteiger partial charge in [0.2, 0.25) is 5.91 Å². The van der Waals surface area contributed by atoms with Gasteiger partial charge in [0.15, 0.2) is 0 Å². The summed E-state index contributed by atoms with van der Waals surface area (Å²) in [6, 6.07) is 2.23. The lowest BCUT2D eigenvalue weighted by Gasteiger charge is -2.41. The molecule has 2 fully saturated rings. The number of carbonyl (C=O) groups is 1. The molecule has 3 heteroatoms. The van der Waals surface area contributed by atoms with Gasteiger partial charge in [0, 0.05) is 13.6 Å². The monoisotopic (exact) mass is 206 g/mol. The molecule has 0 aliphatic heterocycles. The van der Waals surface area contributed by atoms with Crippen LogP contribution in [0.5, 0.6) is 0 Å². The third-order valence-electron chi connectivity index (χ3n) is 3.59. The first kappa shape index (κ1) is 10.5. The Bertz CT molecular complexity index is 308. The number of carbonyl (C=O) groups excluding carboxylic acids is 1. The van der Waals surface area contributed by atoms with Gasteiger partial charge in [-0.15, -0.1) is 0 Å². The average molecular weight is 206 g/mol. The van der Waals surface area contributed by atoms with Crippen molar-refractivity contribution in [2.24, 2.45) is 17.3 Å². The van der Waals surface area contributed by atoms with Crippen molar-refractivity contribution in [2.45, 2.75) is 32.6 Å². The Kier molecular flexibility index (Phi) is 2.46. The Morgan fingerprint density at radius 3 is 2.53 bits per heavy atom. The molecule has 2 rings (SSSR count). The first-order valence-corrected chi connectivity index (χ1v) is 5.74. The van der Waals surface area contributed by atoms with Gasteiger partial charge in [-0.2, -0.15) is 5.26 Å². The number of rotatable bonds is 3. The highest BCUT2D eigenvalue weighted by Crippen LogP contribution is 2.46. The van der Waals surface area contributed by atoms with Gasteiger partial charge < -0.3 is 4.90 Å². The molecular formula is C12H18N2O. The highest BCUT2D eigenvalue weighted by atomic mass is 16.2. The first-order chi connectivity index (χ1) is 7.07. The SMILES string of the molecule is CC1CC(C#N)(C(=O)N(C)CC2CC2)C1. The Labute approximate surface area is 91.1 Å². The van der Waals surface area contributed by atoms with Crippen molar-refractivity contribution in [1.82, 2.24) is 4.90 Å². The molecule has 0 saturated heterocycles. The van der Waals surface area contributed by atoms with Crippen LogP contribution in [-0.4, -0.2) is 24.4 Å². The summed E-state index contributed by atoms with van der Waals surface area (Å²) < 4.78 is 0. The number of hydrogen-bond donors (Lipinski definition) is 0. The summed E-state index contributed by atoms with van der Waals surface area (Å²) in [4.78, 5) is 13.9. The second kappa shape index (κ2) is 3.52. The zero-order valence-electron chi connectivity index (χ0n) is 9.49. The molecule has 0 heterocycles. The zero-order chi connectivity index (χ0) is 11.1. The fourth-order valence-corrected chi connectivity index (χ4v) is 2.58.